The molecule has 0 spiro atoms. The second-order valence-electron chi connectivity index (χ2n) is 6.58. The number of carbonyl (C=O) groups is 2. The van der Waals surface area contributed by atoms with E-state index in [1.165, 1.54) is 6.08 Å². The highest BCUT2D eigenvalue weighted by Crippen LogP contribution is 2.18. The minimum absolute atomic E-state index is 0.125. The molecule has 0 bridgehead atoms. The number of hydrogen-bond donors (Lipinski definition) is 2. The number of nitrogens with zero attached hydrogens (tertiary/aromatic N) is 3. The summed E-state index contributed by atoms with van der Waals surface area (Å²) in [7, 11) is 0. The smallest absolute Gasteiger partial charge is 0.280 e. The number of carbonyl (C=O) groups excluding carboxylic acids is 2. The Kier molecular flexibility index (Phi) is 7.78. The highest BCUT2D eigenvalue weighted by atomic mass is 16.5. The van der Waals surface area contributed by atoms with Crippen LogP contribution in [0.4, 0.5) is 0 Å². The molecule has 8 nitrogen and oxygen atoms in total. The van der Waals surface area contributed by atoms with Crippen molar-refractivity contribution in [1.82, 2.24) is 15.4 Å². The summed E-state index contributed by atoms with van der Waals surface area (Å²) in [6.07, 6.45) is 2.48. The molecule has 0 aliphatic heterocycles. The number of nitrogens with one attached hydrogen (secondary N) is 2. The summed E-state index contributed by atoms with van der Waals surface area (Å²) in [4.78, 5) is 24.1. The quantitative estimate of drug-likeness (QED) is 0.417. The SMILES string of the molecule is CCCn1c(C)cc(/C=C(\C#N)C(=O)NNC(=O)COc2ccc(C#N)cc2)c1C. The lowest BCUT2D eigenvalue weighted by Gasteiger charge is -2.09. The molecule has 1 aromatic heterocycles. The van der Waals surface area contributed by atoms with Crippen LogP contribution < -0.4 is 15.6 Å². The van der Waals surface area contributed by atoms with E-state index in [1.54, 1.807) is 24.3 Å². The number of aromatic nitrogens is 1. The molecule has 0 aliphatic rings. The Bertz CT molecular complexity index is 1040. The van der Waals surface area contributed by atoms with Crippen molar-refractivity contribution < 1.29 is 14.3 Å². The van der Waals surface area contributed by atoms with Crippen molar-refractivity contribution in [3.63, 3.8) is 0 Å². The van der Waals surface area contributed by atoms with E-state index in [0.29, 0.717) is 11.3 Å². The molecule has 2 aromatic rings. The maximum Gasteiger partial charge on any atom is 0.280 e. The van der Waals surface area contributed by atoms with E-state index in [4.69, 9.17) is 10.00 Å². The monoisotopic (exact) mass is 405 g/mol. The van der Waals surface area contributed by atoms with E-state index in [2.05, 4.69) is 22.3 Å². The molecule has 154 valence electrons. The molecular formula is C22H23N5O3. The first-order valence-electron chi connectivity index (χ1n) is 9.40. The van der Waals surface area contributed by atoms with Gasteiger partial charge in [0.05, 0.1) is 11.6 Å². The van der Waals surface area contributed by atoms with Crippen molar-refractivity contribution in [2.45, 2.75) is 33.7 Å². The zero-order valence-corrected chi connectivity index (χ0v) is 17.2. The van der Waals surface area contributed by atoms with Crippen LogP contribution in [0.15, 0.2) is 35.9 Å². The number of benzene rings is 1. The molecule has 0 saturated carbocycles. The Morgan fingerprint density at radius 3 is 2.47 bits per heavy atom. The van der Waals surface area contributed by atoms with Gasteiger partial charge in [-0.15, -0.1) is 0 Å². The maximum absolute atomic E-state index is 12.3. The molecule has 0 fully saturated rings. The zero-order chi connectivity index (χ0) is 22.1. The van der Waals surface area contributed by atoms with Gasteiger partial charge in [0.2, 0.25) is 0 Å². The third kappa shape index (κ3) is 5.73. The normalized spacial score (nSPS) is 10.6. The van der Waals surface area contributed by atoms with Gasteiger partial charge < -0.3 is 9.30 Å². The lowest BCUT2D eigenvalue weighted by Crippen LogP contribution is -2.44. The summed E-state index contributed by atoms with van der Waals surface area (Å²) in [6, 6.07) is 12.0. The van der Waals surface area contributed by atoms with Gasteiger partial charge >= 0.3 is 0 Å². The number of hydrazine groups is 1. The van der Waals surface area contributed by atoms with Crippen molar-refractivity contribution in [1.29, 1.82) is 10.5 Å². The van der Waals surface area contributed by atoms with Gasteiger partial charge in [-0.25, -0.2) is 0 Å². The Morgan fingerprint density at radius 2 is 1.87 bits per heavy atom. The topological polar surface area (TPSA) is 120 Å². The number of ether oxygens (including phenoxy) is 1. The van der Waals surface area contributed by atoms with E-state index in [0.717, 1.165) is 29.9 Å². The zero-order valence-electron chi connectivity index (χ0n) is 17.2. The first-order chi connectivity index (χ1) is 14.4. The maximum atomic E-state index is 12.3. The first-order valence-corrected chi connectivity index (χ1v) is 9.40. The number of aryl methyl sites for hydroxylation is 1. The van der Waals surface area contributed by atoms with Crippen molar-refractivity contribution in [3.8, 4) is 17.9 Å². The highest BCUT2D eigenvalue weighted by Gasteiger charge is 2.13. The third-order valence-corrected chi connectivity index (χ3v) is 4.39. The van der Waals surface area contributed by atoms with Crippen LogP contribution >= 0.6 is 0 Å². The molecule has 2 amide bonds. The molecule has 0 saturated heterocycles. The van der Waals surface area contributed by atoms with Gasteiger partial charge in [-0.2, -0.15) is 10.5 Å². The van der Waals surface area contributed by atoms with Crippen molar-refractivity contribution in [2.75, 3.05) is 6.61 Å². The van der Waals surface area contributed by atoms with Gasteiger partial charge in [0.15, 0.2) is 6.61 Å². The van der Waals surface area contributed by atoms with Gasteiger partial charge in [-0.05, 0) is 62.2 Å². The van der Waals surface area contributed by atoms with Gasteiger partial charge in [0, 0.05) is 17.9 Å². The van der Waals surface area contributed by atoms with E-state index in [9.17, 15) is 14.9 Å². The Balaban J connectivity index is 1.94. The van der Waals surface area contributed by atoms with Crippen LogP contribution in [0, 0.1) is 36.5 Å². The second kappa shape index (κ2) is 10.5. The molecule has 2 rings (SSSR count). The average molecular weight is 405 g/mol. The first kappa shape index (κ1) is 22.3. The lowest BCUT2D eigenvalue weighted by molar-refractivity contribution is -0.128. The number of nitriles is 2. The number of hydrogen-bond acceptors (Lipinski definition) is 5. The predicted octanol–water partition coefficient (Wildman–Crippen LogP) is 2.52. The third-order valence-electron chi connectivity index (χ3n) is 4.39. The van der Waals surface area contributed by atoms with Crippen LogP contribution in [-0.2, 0) is 16.1 Å². The second-order valence-corrected chi connectivity index (χ2v) is 6.58. The Hall–Kier alpha value is -4.04. The molecule has 1 aromatic carbocycles. The van der Waals surface area contributed by atoms with Gasteiger partial charge in [0.1, 0.15) is 17.4 Å². The summed E-state index contributed by atoms with van der Waals surface area (Å²) in [5.74, 6) is -0.897. The van der Waals surface area contributed by atoms with E-state index in [1.807, 2.05) is 32.1 Å². The molecule has 30 heavy (non-hydrogen) atoms. The van der Waals surface area contributed by atoms with Gasteiger partial charge in [-0.1, -0.05) is 6.92 Å². The minimum Gasteiger partial charge on any atom is -0.484 e. The van der Waals surface area contributed by atoms with Crippen molar-refractivity contribution in [3.05, 3.63) is 58.4 Å². The fourth-order valence-corrected chi connectivity index (χ4v) is 2.85. The molecule has 1 heterocycles. The van der Waals surface area contributed by atoms with Crippen LogP contribution in [-0.4, -0.2) is 23.0 Å². The van der Waals surface area contributed by atoms with Crippen molar-refractivity contribution in [2.24, 2.45) is 0 Å². The standard InChI is InChI=1S/C22H23N5O3/c1-4-9-27-15(2)10-18(16(27)3)11-19(13-24)22(29)26-25-21(28)14-30-20-7-5-17(12-23)6-8-20/h5-8,10-11H,4,9,14H2,1-3H3,(H,25,28)(H,26,29)/b19-11+. The van der Waals surface area contributed by atoms with Gasteiger partial charge in [0.25, 0.3) is 11.8 Å². The fraction of sp³-hybridized carbons (Fsp3) is 0.273. The Morgan fingerprint density at radius 1 is 1.17 bits per heavy atom. The van der Waals surface area contributed by atoms with Crippen LogP contribution in [0.1, 0.15) is 35.9 Å². The summed E-state index contributed by atoms with van der Waals surface area (Å²) >= 11 is 0. The molecule has 0 atom stereocenters. The molecule has 8 heteroatoms. The van der Waals surface area contributed by atoms with Crippen molar-refractivity contribution >= 4 is 17.9 Å². The van der Waals surface area contributed by atoms with Gasteiger partial charge in [-0.3, -0.25) is 20.4 Å². The molecule has 0 aliphatic carbocycles. The summed E-state index contributed by atoms with van der Waals surface area (Å²) in [5.41, 5.74) is 7.58. The number of rotatable bonds is 7. The van der Waals surface area contributed by atoms with E-state index >= 15 is 0 Å². The molecular weight excluding hydrogens is 382 g/mol. The molecule has 0 radical (unpaired) electrons. The van der Waals surface area contributed by atoms with Crippen LogP contribution in [0.2, 0.25) is 0 Å². The Labute approximate surface area is 175 Å². The summed E-state index contributed by atoms with van der Waals surface area (Å²) in [5, 5.41) is 18.1. The van der Waals surface area contributed by atoms with E-state index < -0.39 is 11.8 Å². The average Bonchev–Trinajstić information content (AvgIpc) is 3.02. The van der Waals surface area contributed by atoms with E-state index in [-0.39, 0.29) is 12.2 Å². The predicted molar refractivity (Wildman–Crippen MR) is 111 cm³/mol. The van der Waals surface area contributed by atoms with Crippen LogP contribution in [0.25, 0.3) is 6.08 Å². The van der Waals surface area contributed by atoms with Crippen LogP contribution in [0.5, 0.6) is 5.75 Å². The number of amides is 2. The fourth-order valence-electron chi connectivity index (χ4n) is 2.85. The molecule has 2 N–H and O–H groups in total. The summed E-state index contributed by atoms with van der Waals surface area (Å²) < 4.78 is 7.41. The highest BCUT2D eigenvalue weighted by molar-refractivity contribution is 6.02. The molecule has 0 unspecified atom stereocenters. The largest absolute Gasteiger partial charge is 0.484 e. The minimum atomic E-state index is -0.718. The lowest BCUT2D eigenvalue weighted by atomic mass is 10.1. The van der Waals surface area contributed by atoms with Crippen LogP contribution in [0.3, 0.4) is 0 Å². The summed E-state index contributed by atoms with van der Waals surface area (Å²) in [6.45, 7) is 6.50.